The average Bonchev–Trinajstić information content (AvgIpc) is 2.68. The van der Waals surface area contributed by atoms with Crippen molar-refractivity contribution < 1.29 is 9.53 Å². The number of rotatable bonds is 7. The van der Waals surface area contributed by atoms with E-state index in [9.17, 15) is 4.79 Å². The van der Waals surface area contributed by atoms with Crippen LogP contribution in [-0.4, -0.2) is 50.0 Å². The fourth-order valence-electron chi connectivity index (χ4n) is 3.32. The molecule has 4 nitrogen and oxygen atoms in total. The predicted molar refractivity (Wildman–Crippen MR) is 106 cm³/mol. The lowest BCUT2D eigenvalue weighted by Gasteiger charge is -2.39. The van der Waals surface area contributed by atoms with Crippen LogP contribution in [0.3, 0.4) is 0 Å². The number of ether oxygens (including phenoxy) is 1. The maximum atomic E-state index is 11.5. The van der Waals surface area contributed by atoms with Crippen LogP contribution in [0.5, 0.6) is 0 Å². The number of carbonyl (C=O) groups excluding carboxylic acids is 1. The molecule has 0 saturated carbocycles. The van der Waals surface area contributed by atoms with E-state index in [0.29, 0.717) is 13.2 Å². The Kier molecular flexibility index (Phi) is 6.67. The highest BCUT2D eigenvalue weighted by atomic mass is 35.5. The number of aryl methyl sites for hydroxylation is 1. The first-order valence-corrected chi connectivity index (χ1v) is 9.37. The van der Waals surface area contributed by atoms with Gasteiger partial charge in [0.05, 0.1) is 19.3 Å². The third-order valence-electron chi connectivity index (χ3n) is 4.85. The topological polar surface area (TPSA) is 32.8 Å². The van der Waals surface area contributed by atoms with Crippen LogP contribution < -0.4 is 4.90 Å². The lowest BCUT2D eigenvalue weighted by molar-refractivity contribution is -0.115. The first kappa shape index (κ1) is 18.9. The van der Waals surface area contributed by atoms with Crippen LogP contribution in [0, 0.1) is 6.92 Å². The van der Waals surface area contributed by atoms with Crippen molar-refractivity contribution in [2.75, 3.05) is 37.7 Å². The minimum Gasteiger partial charge on any atom is -0.375 e. The minimum atomic E-state index is -0.193. The van der Waals surface area contributed by atoms with Crippen LogP contribution in [0.1, 0.15) is 11.1 Å². The van der Waals surface area contributed by atoms with Gasteiger partial charge in [-0.25, -0.2) is 0 Å². The summed E-state index contributed by atoms with van der Waals surface area (Å²) in [7, 11) is 0. The quantitative estimate of drug-likeness (QED) is 0.696. The van der Waals surface area contributed by atoms with Crippen molar-refractivity contribution in [3.63, 3.8) is 0 Å². The normalized spacial score (nSPS) is 16.5. The van der Waals surface area contributed by atoms with Gasteiger partial charge in [-0.1, -0.05) is 48.0 Å². The molecule has 1 fully saturated rings. The van der Waals surface area contributed by atoms with E-state index >= 15 is 0 Å². The number of hydrogen-bond acceptors (Lipinski definition) is 4. The number of anilines is 1. The van der Waals surface area contributed by atoms with E-state index in [1.54, 1.807) is 0 Å². The number of carbonyl (C=O) groups is 1. The maximum absolute atomic E-state index is 11.5. The minimum absolute atomic E-state index is 0.193. The fraction of sp³-hybridized carbons (Fsp3) is 0.381. The van der Waals surface area contributed by atoms with Crippen molar-refractivity contribution in [2.24, 2.45) is 0 Å². The van der Waals surface area contributed by atoms with Gasteiger partial charge in [0.2, 0.25) is 0 Å². The van der Waals surface area contributed by atoms with E-state index in [2.05, 4.69) is 22.8 Å². The molecule has 0 aromatic heterocycles. The van der Waals surface area contributed by atoms with Gasteiger partial charge >= 0.3 is 0 Å². The zero-order valence-electron chi connectivity index (χ0n) is 15.1. The maximum Gasteiger partial charge on any atom is 0.139 e. The molecule has 0 bridgehead atoms. The van der Waals surface area contributed by atoms with E-state index in [4.69, 9.17) is 16.3 Å². The Labute approximate surface area is 160 Å². The highest BCUT2D eigenvalue weighted by Gasteiger charge is 2.24. The standard InChI is InChI=1S/C21H25ClN2O2/c1-17-7-8-19(22)13-21(17)24-11-9-23(10-12-24)20(14-25)16-26-15-18-5-3-2-4-6-18/h2-8,13-14,20H,9-12,15-16H2,1H3. The molecule has 1 atom stereocenters. The molecule has 0 N–H and O–H groups in total. The highest BCUT2D eigenvalue weighted by Crippen LogP contribution is 2.25. The molecule has 0 spiro atoms. The van der Waals surface area contributed by atoms with Crippen molar-refractivity contribution in [3.8, 4) is 0 Å². The first-order chi connectivity index (χ1) is 12.7. The number of hydrogen-bond donors (Lipinski definition) is 0. The van der Waals surface area contributed by atoms with E-state index in [1.165, 1.54) is 11.3 Å². The summed E-state index contributed by atoms with van der Waals surface area (Å²) in [6.45, 7) is 6.49. The summed E-state index contributed by atoms with van der Waals surface area (Å²) in [4.78, 5) is 16.1. The molecule has 1 saturated heterocycles. The lowest BCUT2D eigenvalue weighted by atomic mass is 10.1. The molecule has 1 aliphatic heterocycles. The molecular formula is C21H25ClN2O2. The fourth-order valence-corrected chi connectivity index (χ4v) is 3.49. The molecule has 1 unspecified atom stereocenters. The van der Waals surface area contributed by atoms with Gasteiger partial charge in [-0.3, -0.25) is 4.90 Å². The Morgan fingerprint density at radius 1 is 1.12 bits per heavy atom. The van der Waals surface area contributed by atoms with Crippen LogP contribution in [0.4, 0.5) is 5.69 Å². The van der Waals surface area contributed by atoms with Gasteiger partial charge in [0, 0.05) is 36.9 Å². The van der Waals surface area contributed by atoms with E-state index in [-0.39, 0.29) is 6.04 Å². The van der Waals surface area contributed by atoms with Crippen molar-refractivity contribution in [1.82, 2.24) is 4.90 Å². The Hall–Kier alpha value is -1.88. The molecular weight excluding hydrogens is 348 g/mol. The molecule has 0 amide bonds. The van der Waals surface area contributed by atoms with Gasteiger partial charge in [-0.15, -0.1) is 0 Å². The number of benzene rings is 2. The number of aldehydes is 1. The Morgan fingerprint density at radius 2 is 1.85 bits per heavy atom. The Morgan fingerprint density at radius 3 is 2.54 bits per heavy atom. The van der Waals surface area contributed by atoms with Crippen molar-refractivity contribution >= 4 is 23.6 Å². The van der Waals surface area contributed by atoms with Crippen molar-refractivity contribution in [3.05, 3.63) is 64.7 Å². The van der Waals surface area contributed by atoms with Crippen LogP contribution in [-0.2, 0) is 16.1 Å². The van der Waals surface area contributed by atoms with Crippen LogP contribution in [0.2, 0.25) is 5.02 Å². The zero-order chi connectivity index (χ0) is 18.4. The van der Waals surface area contributed by atoms with Crippen LogP contribution >= 0.6 is 11.6 Å². The molecule has 5 heteroatoms. The van der Waals surface area contributed by atoms with Crippen molar-refractivity contribution in [2.45, 2.75) is 19.6 Å². The molecule has 138 valence electrons. The molecule has 2 aromatic rings. The van der Waals surface area contributed by atoms with Gasteiger partial charge in [0.25, 0.3) is 0 Å². The number of halogens is 1. The third kappa shape index (κ3) is 4.85. The second-order valence-electron chi connectivity index (χ2n) is 6.66. The summed E-state index contributed by atoms with van der Waals surface area (Å²) in [5.41, 5.74) is 3.53. The third-order valence-corrected chi connectivity index (χ3v) is 5.09. The monoisotopic (exact) mass is 372 g/mol. The van der Waals surface area contributed by atoms with E-state index in [1.807, 2.05) is 42.5 Å². The number of piperazine rings is 1. The number of nitrogens with zero attached hydrogens (tertiary/aromatic N) is 2. The summed E-state index contributed by atoms with van der Waals surface area (Å²) < 4.78 is 5.77. The second kappa shape index (κ2) is 9.17. The van der Waals surface area contributed by atoms with Gasteiger partial charge in [-0.05, 0) is 30.2 Å². The lowest BCUT2D eigenvalue weighted by Crippen LogP contribution is -2.52. The molecule has 3 rings (SSSR count). The summed E-state index contributed by atoms with van der Waals surface area (Å²) in [5, 5.41) is 0.758. The van der Waals surface area contributed by atoms with Gasteiger partial charge in [0.15, 0.2) is 0 Å². The Bertz CT molecular complexity index is 715. The average molecular weight is 373 g/mol. The van der Waals surface area contributed by atoms with E-state index in [0.717, 1.165) is 43.1 Å². The summed E-state index contributed by atoms with van der Waals surface area (Å²) in [5.74, 6) is 0. The van der Waals surface area contributed by atoms with Gasteiger partial charge in [-0.2, -0.15) is 0 Å². The SMILES string of the molecule is Cc1ccc(Cl)cc1N1CCN(C(C=O)COCc2ccccc2)CC1. The second-order valence-corrected chi connectivity index (χ2v) is 7.09. The van der Waals surface area contributed by atoms with Crippen molar-refractivity contribution in [1.29, 1.82) is 0 Å². The molecule has 26 heavy (non-hydrogen) atoms. The highest BCUT2D eigenvalue weighted by molar-refractivity contribution is 6.30. The first-order valence-electron chi connectivity index (χ1n) is 8.99. The zero-order valence-corrected chi connectivity index (χ0v) is 15.9. The van der Waals surface area contributed by atoms with Crippen LogP contribution in [0.15, 0.2) is 48.5 Å². The predicted octanol–water partition coefficient (Wildman–Crippen LogP) is 3.55. The summed E-state index contributed by atoms with van der Waals surface area (Å²) in [6.07, 6.45) is 1.01. The molecule has 0 radical (unpaired) electrons. The van der Waals surface area contributed by atoms with Gasteiger partial charge < -0.3 is 14.4 Å². The summed E-state index contributed by atoms with van der Waals surface area (Å²) in [6, 6.07) is 15.8. The van der Waals surface area contributed by atoms with Gasteiger partial charge in [0.1, 0.15) is 6.29 Å². The summed E-state index contributed by atoms with van der Waals surface area (Å²) >= 11 is 6.15. The van der Waals surface area contributed by atoms with E-state index < -0.39 is 0 Å². The molecule has 1 heterocycles. The molecule has 2 aromatic carbocycles. The molecule has 1 aliphatic rings. The smallest absolute Gasteiger partial charge is 0.139 e. The molecule has 0 aliphatic carbocycles. The largest absolute Gasteiger partial charge is 0.375 e. The Balaban J connectivity index is 1.51. The van der Waals surface area contributed by atoms with Crippen LogP contribution in [0.25, 0.3) is 0 Å².